The van der Waals surface area contributed by atoms with E-state index in [1.807, 2.05) is 0 Å². The van der Waals surface area contributed by atoms with Crippen LogP contribution >= 0.6 is 0 Å². The van der Waals surface area contributed by atoms with E-state index < -0.39 is 17.1 Å². The summed E-state index contributed by atoms with van der Waals surface area (Å²) in [7, 11) is 13.2. The summed E-state index contributed by atoms with van der Waals surface area (Å²) in [6, 6.07) is 10.8. The van der Waals surface area contributed by atoms with Crippen LogP contribution in [0.4, 0.5) is 4.79 Å². The second-order valence-corrected chi connectivity index (χ2v) is 9.49. The largest absolute Gasteiger partial charge is 0.565 e. The van der Waals surface area contributed by atoms with Crippen molar-refractivity contribution in [1.82, 2.24) is 0 Å². The van der Waals surface area contributed by atoms with Crippen molar-refractivity contribution in [1.29, 1.82) is 0 Å². The van der Waals surface area contributed by atoms with E-state index in [2.05, 4.69) is 0 Å². The van der Waals surface area contributed by atoms with E-state index in [1.165, 1.54) is 0 Å². The van der Waals surface area contributed by atoms with Crippen molar-refractivity contribution >= 4 is 17.1 Å². The fraction of sp³-hybridized carbons (Fsp3) is 0.321. The van der Waals surface area contributed by atoms with E-state index in [0.29, 0.717) is 66.4 Å². The molecule has 224 valence electrons. The van der Waals surface area contributed by atoms with Crippen LogP contribution in [-0.2, 0) is 10.9 Å². The van der Waals surface area contributed by atoms with Crippen LogP contribution in [-0.4, -0.2) is 75.3 Å². The molecule has 3 aromatic carbocycles. The molecular weight excluding hydrogens is 560 g/mol. The van der Waals surface area contributed by atoms with Gasteiger partial charge in [-0.2, -0.15) is 0 Å². The molecule has 12 nitrogen and oxygen atoms in total. The van der Waals surface area contributed by atoms with E-state index in [0.717, 1.165) is 0 Å². The number of rotatable bonds is 12. The van der Waals surface area contributed by atoms with Crippen molar-refractivity contribution < 1.29 is 57.6 Å². The highest BCUT2D eigenvalue weighted by Crippen LogP contribution is 2.55. The Kier molecular flexibility index (Phi) is 12.2. The van der Waals surface area contributed by atoms with Gasteiger partial charge in [0.05, 0.1) is 64.0 Å². The van der Waals surface area contributed by atoms with E-state index >= 15 is 0 Å². The minimum Gasteiger partial charge on any atom is -0.565 e. The van der Waals surface area contributed by atoms with E-state index in [-0.39, 0.29) is 0 Å². The molecule has 0 radical (unpaired) electrons. The number of benzene rings is 3. The fourth-order valence-electron chi connectivity index (χ4n) is 3.83. The van der Waals surface area contributed by atoms with Crippen LogP contribution < -0.4 is 47.7 Å². The highest BCUT2D eigenvalue weighted by Gasteiger charge is 2.46. The van der Waals surface area contributed by atoms with Crippen LogP contribution in [0.5, 0.6) is 51.7 Å². The van der Waals surface area contributed by atoms with Crippen LogP contribution in [0.25, 0.3) is 0 Å². The third kappa shape index (κ3) is 7.37. The molecule has 0 heterocycles. The molecule has 0 fully saturated rings. The molecule has 0 aliphatic carbocycles. The summed E-state index contributed by atoms with van der Waals surface area (Å²) in [5.41, 5.74) is 0. The molecule has 0 aliphatic rings. The Bertz CT molecular complexity index is 1100. The Morgan fingerprint density at radius 3 is 0.780 bits per heavy atom. The quantitative estimate of drug-likeness (QED) is 0.305. The zero-order valence-electron chi connectivity index (χ0n) is 24.3. The van der Waals surface area contributed by atoms with Gasteiger partial charge in [-0.25, -0.2) is 0 Å². The molecule has 3 aromatic rings. The standard InChI is InChI=1S/C27H33O9S.CH2O3/c1-28-16-10-19(31-4)25(20(11-16)32-5)37(26-21(33-6)12-17(29-2)13-22(26)34-7)27-23(35-8)14-18(30-3)15-24(27)36-9;2-1(3)4/h10-15H,1-9H3;(H2,2,3,4)/q+1;/p-1. The maximum absolute atomic E-state index is 8.44. The molecule has 0 saturated carbocycles. The zero-order chi connectivity index (χ0) is 30.7. The normalized spacial score (nSPS) is 10.1. The van der Waals surface area contributed by atoms with Crippen LogP contribution in [0.1, 0.15) is 0 Å². The molecule has 3 rings (SSSR count). The number of carbonyl (C=O) groups is 1. The molecule has 0 aliphatic heterocycles. The predicted molar refractivity (Wildman–Crippen MR) is 148 cm³/mol. The Hall–Kier alpha value is -4.52. The number of ether oxygens (including phenoxy) is 9. The molecule has 13 heteroatoms. The van der Waals surface area contributed by atoms with Crippen molar-refractivity contribution in [2.24, 2.45) is 0 Å². The molecule has 0 spiro atoms. The van der Waals surface area contributed by atoms with Crippen LogP contribution in [0.3, 0.4) is 0 Å². The van der Waals surface area contributed by atoms with Crippen molar-refractivity contribution in [2.45, 2.75) is 14.7 Å². The van der Waals surface area contributed by atoms with Crippen molar-refractivity contribution in [3.05, 3.63) is 36.4 Å². The Morgan fingerprint density at radius 1 is 0.488 bits per heavy atom. The molecule has 0 atom stereocenters. The topological polar surface area (TPSA) is 143 Å². The van der Waals surface area contributed by atoms with Crippen molar-refractivity contribution in [3.63, 3.8) is 0 Å². The van der Waals surface area contributed by atoms with E-state index in [4.69, 9.17) is 57.6 Å². The van der Waals surface area contributed by atoms with Crippen molar-refractivity contribution in [3.8, 4) is 51.7 Å². The number of methoxy groups -OCH3 is 9. The summed E-state index contributed by atoms with van der Waals surface area (Å²) in [6.07, 6.45) is -2.08. The van der Waals surface area contributed by atoms with E-state index in [9.17, 15) is 0 Å². The van der Waals surface area contributed by atoms with E-state index in [1.54, 1.807) is 100 Å². The van der Waals surface area contributed by atoms with Gasteiger partial charge < -0.3 is 57.6 Å². The molecular formula is C28H34O12S. The molecule has 0 saturated heterocycles. The summed E-state index contributed by atoms with van der Waals surface area (Å²) in [6.45, 7) is 0. The first-order chi connectivity index (χ1) is 19.7. The van der Waals surface area contributed by atoms with Crippen LogP contribution in [0.2, 0.25) is 0 Å². The highest BCUT2D eigenvalue weighted by atomic mass is 32.2. The van der Waals surface area contributed by atoms with Gasteiger partial charge in [0.15, 0.2) is 34.5 Å². The maximum Gasteiger partial charge on any atom is 0.250 e. The summed E-state index contributed by atoms with van der Waals surface area (Å²) < 4.78 is 51.7. The lowest BCUT2D eigenvalue weighted by Crippen LogP contribution is -2.17. The Labute approximate surface area is 241 Å². The highest BCUT2D eigenvalue weighted by molar-refractivity contribution is 7.97. The number of carboxylic acid groups (broad SMARTS) is 2. The lowest BCUT2D eigenvalue weighted by atomic mass is 10.3. The SMILES string of the molecule is COc1cc(OC)c([S+](c2c(OC)cc(OC)cc2OC)c2c(OC)cc(OC)cc2OC)c(OC)c1.O=C([O-])O. The Balaban J connectivity index is 0.00000138. The molecule has 0 bridgehead atoms. The average molecular weight is 595 g/mol. The molecule has 0 aromatic heterocycles. The molecule has 0 unspecified atom stereocenters. The predicted octanol–water partition coefficient (Wildman–Crippen LogP) is 3.75. The van der Waals surface area contributed by atoms with Gasteiger partial charge in [0.1, 0.15) is 28.1 Å². The smallest absolute Gasteiger partial charge is 0.250 e. The van der Waals surface area contributed by atoms with Gasteiger partial charge in [0.2, 0.25) is 6.16 Å². The summed E-state index contributed by atoms with van der Waals surface area (Å²) >= 11 is 0. The average Bonchev–Trinajstić information content (AvgIpc) is 2.99. The monoisotopic (exact) mass is 594 g/mol. The molecule has 1 N–H and O–H groups in total. The third-order valence-electron chi connectivity index (χ3n) is 5.62. The third-order valence-corrected chi connectivity index (χ3v) is 8.05. The zero-order valence-corrected chi connectivity index (χ0v) is 25.1. The summed E-state index contributed by atoms with van der Waals surface area (Å²) in [5, 5.41) is 15.3. The Morgan fingerprint density at radius 2 is 0.659 bits per heavy atom. The van der Waals surface area contributed by atoms with Gasteiger partial charge in [-0.3, -0.25) is 0 Å². The number of hydrogen-bond acceptors (Lipinski definition) is 11. The maximum atomic E-state index is 8.44. The molecule has 41 heavy (non-hydrogen) atoms. The first-order valence-corrected chi connectivity index (χ1v) is 12.9. The second-order valence-electron chi connectivity index (χ2n) is 7.66. The van der Waals surface area contributed by atoms with Gasteiger partial charge >= 0.3 is 0 Å². The fourth-order valence-corrected chi connectivity index (χ4v) is 6.50. The second kappa shape index (κ2) is 15.3. The lowest BCUT2D eigenvalue weighted by Gasteiger charge is -2.21. The lowest BCUT2D eigenvalue weighted by molar-refractivity contribution is -0.275. The molecule has 0 amide bonds. The summed E-state index contributed by atoms with van der Waals surface area (Å²) in [5.74, 6) is 4.88. The minimum absolute atomic E-state index is 0.527. The van der Waals surface area contributed by atoms with Crippen LogP contribution in [0, 0.1) is 0 Å². The van der Waals surface area contributed by atoms with Gasteiger partial charge in [-0.05, 0) is 0 Å². The first kappa shape index (κ1) is 32.7. The van der Waals surface area contributed by atoms with Gasteiger partial charge in [0, 0.05) is 36.4 Å². The van der Waals surface area contributed by atoms with Gasteiger partial charge in [-0.15, -0.1) is 0 Å². The summed E-state index contributed by atoms with van der Waals surface area (Å²) in [4.78, 5) is 10.6. The van der Waals surface area contributed by atoms with Crippen molar-refractivity contribution in [2.75, 3.05) is 64.0 Å². The minimum atomic E-state index is -2.08. The first-order valence-electron chi connectivity index (χ1n) is 11.7. The number of hydrogen-bond donors (Lipinski definition) is 1. The van der Waals surface area contributed by atoms with Gasteiger partial charge in [0.25, 0.3) is 14.7 Å². The van der Waals surface area contributed by atoms with Crippen LogP contribution in [0.15, 0.2) is 51.1 Å². The van der Waals surface area contributed by atoms with Gasteiger partial charge in [-0.1, -0.05) is 0 Å².